The molecule has 0 saturated heterocycles. The van der Waals surface area contributed by atoms with Gasteiger partial charge in [0, 0.05) is 6.04 Å². The van der Waals surface area contributed by atoms with Gasteiger partial charge in [-0.2, -0.15) is 0 Å². The van der Waals surface area contributed by atoms with Crippen LogP contribution in [0.1, 0.15) is 43.9 Å². The quantitative estimate of drug-likeness (QED) is 0.783. The monoisotopic (exact) mass is 375 g/mol. The molecule has 2 rings (SSSR count). The summed E-state index contributed by atoms with van der Waals surface area (Å²) >= 11 is 0. The number of benzene rings is 2. The van der Waals surface area contributed by atoms with Gasteiger partial charge in [0.05, 0.1) is 12.0 Å². The predicted molar refractivity (Wildman–Crippen MR) is 106 cm³/mol. The molecule has 0 aliphatic rings. The molecule has 0 saturated carbocycles. The lowest BCUT2D eigenvalue weighted by Gasteiger charge is -2.29. The topological polar surface area (TPSA) is 55.4 Å². The zero-order chi connectivity index (χ0) is 19.5. The molecular formula is C21H29NO3S. The molecule has 0 amide bonds. The largest absolute Gasteiger partial charge is 0.496 e. The van der Waals surface area contributed by atoms with Gasteiger partial charge in [-0.1, -0.05) is 44.2 Å². The van der Waals surface area contributed by atoms with Crippen molar-refractivity contribution < 1.29 is 13.2 Å². The molecule has 1 N–H and O–H groups in total. The summed E-state index contributed by atoms with van der Waals surface area (Å²) in [6, 6.07) is 13.3. The van der Waals surface area contributed by atoms with Crippen LogP contribution < -0.4 is 9.46 Å². The fraction of sp³-hybridized carbons (Fsp3) is 0.429. The van der Waals surface area contributed by atoms with Crippen molar-refractivity contribution in [3.8, 4) is 5.75 Å². The molecule has 0 aliphatic heterocycles. The summed E-state index contributed by atoms with van der Waals surface area (Å²) in [5.41, 5.74) is 2.62. The summed E-state index contributed by atoms with van der Waals surface area (Å²) in [6.45, 7) is 9.86. The Balaban J connectivity index is 2.20. The van der Waals surface area contributed by atoms with E-state index in [2.05, 4.69) is 30.7 Å². The minimum absolute atomic E-state index is 0.131. The second-order valence-electron chi connectivity index (χ2n) is 7.49. The first-order valence-electron chi connectivity index (χ1n) is 8.80. The zero-order valence-corrected chi connectivity index (χ0v) is 17.3. The second-order valence-corrected chi connectivity index (χ2v) is 9.17. The van der Waals surface area contributed by atoms with Gasteiger partial charge in [0.1, 0.15) is 5.75 Å². The summed E-state index contributed by atoms with van der Waals surface area (Å²) in [6.07, 6.45) is 0.699. The van der Waals surface area contributed by atoms with Crippen molar-refractivity contribution in [1.82, 2.24) is 4.72 Å². The maximum Gasteiger partial charge on any atom is 0.241 e. The normalized spacial score (nSPS) is 13.5. The fourth-order valence-electron chi connectivity index (χ4n) is 3.43. The van der Waals surface area contributed by atoms with Crippen LogP contribution in [-0.2, 0) is 15.4 Å². The van der Waals surface area contributed by atoms with Crippen molar-refractivity contribution in [2.45, 2.75) is 57.4 Å². The summed E-state index contributed by atoms with van der Waals surface area (Å²) in [7, 11) is -2.01. The van der Waals surface area contributed by atoms with Crippen molar-refractivity contribution >= 4 is 10.0 Å². The molecular weight excluding hydrogens is 346 g/mol. The summed E-state index contributed by atoms with van der Waals surface area (Å²) in [4.78, 5) is 0.306. The number of hydrogen-bond acceptors (Lipinski definition) is 3. The summed E-state index contributed by atoms with van der Waals surface area (Å²) in [5, 5.41) is 0. The van der Waals surface area contributed by atoms with E-state index in [0.29, 0.717) is 22.6 Å². The Labute approximate surface area is 157 Å². The van der Waals surface area contributed by atoms with Gasteiger partial charge in [-0.15, -0.1) is 0 Å². The Kier molecular flexibility index (Phi) is 6.14. The Bertz CT molecular complexity index is 858. The average molecular weight is 376 g/mol. The smallest absolute Gasteiger partial charge is 0.241 e. The minimum Gasteiger partial charge on any atom is -0.496 e. The van der Waals surface area contributed by atoms with Gasteiger partial charge >= 0.3 is 0 Å². The molecule has 0 aliphatic carbocycles. The number of nitrogens with one attached hydrogen (secondary N) is 1. The van der Waals surface area contributed by atoms with Crippen molar-refractivity contribution in [2.24, 2.45) is 0 Å². The van der Waals surface area contributed by atoms with Gasteiger partial charge in [0.25, 0.3) is 0 Å². The molecule has 0 heterocycles. The molecule has 1 atom stereocenters. The Morgan fingerprint density at radius 2 is 1.65 bits per heavy atom. The van der Waals surface area contributed by atoms with Crippen LogP contribution in [0.15, 0.2) is 47.4 Å². The van der Waals surface area contributed by atoms with E-state index in [-0.39, 0.29) is 11.5 Å². The van der Waals surface area contributed by atoms with Crippen LogP contribution in [-0.4, -0.2) is 21.6 Å². The van der Waals surface area contributed by atoms with Crippen molar-refractivity contribution in [1.29, 1.82) is 0 Å². The molecule has 2 aromatic carbocycles. The zero-order valence-electron chi connectivity index (χ0n) is 16.5. The Morgan fingerprint density at radius 3 is 2.23 bits per heavy atom. The number of ether oxygens (including phenoxy) is 1. The van der Waals surface area contributed by atoms with E-state index in [0.717, 1.165) is 5.56 Å². The SMILES string of the molecule is COc1ccc(S(=O)(=O)N[C@@H](C)CC(C)(C)c2ccccc2)c(C)c1C. The van der Waals surface area contributed by atoms with E-state index >= 15 is 0 Å². The number of rotatable bonds is 7. The van der Waals surface area contributed by atoms with Crippen LogP contribution in [0, 0.1) is 13.8 Å². The van der Waals surface area contributed by atoms with E-state index in [4.69, 9.17) is 4.74 Å². The lowest BCUT2D eigenvalue weighted by atomic mass is 9.79. The van der Waals surface area contributed by atoms with Crippen LogP contribution in [0.3, 0.4) is 0 Å². The molecule has 0 aromatic heterocycles. The summed E-state index contributed by atoms with van der Waals surface area (Å²) in [5.74, 6) is 0.694. The van der Waals surface area contributed by atoms with E-state index in [1.165, 1.54) is 5.56 Å². The van der Waals surface area contributed by atoms with Crippen molar-refractivity contribution in [3.05, 3.63) is 59.2 Å². The highest BCUT2D eigenvalue weighted by Gasteiger charge is 2.27. The number of methoxy groups -OCH3 is 1. The standard InChI is InChI=1S/C21H29NO3S/c1-15(14-21(4,5)18-10-8-7-9-11-18)22-26(23,24)20-13-12-19(25-6)16(2)17(20)3/h7-13,15,22H,14H2,1-6H3/t15-/m0/s1. The first-order valence-corrected chi connectivity index (χ1v) is 10.3. The van der Waals surface area contributed by atoms with Crippen LogP contribution >= 0.6 is 0 Å². The molecule has 0 spiro atoms. The van der Waals surface area contributed by atoms with Gasteiger partial charge in [-0.05, 0) is 61.4 Å². The third-order valence-corrected chi connectivity index (χ3v) is 6.66. The van der Waals surface area contributed by atoms with Gasteiger partial charge in [0.15, 0.2) is 0 Å². The van der Waals surface area contributed by atoms with Crippen LogP contribution in [0.2, 0.25) is 0 Å². The maximum absolute atomic E-state index is 12.9. The first kappa shape index (κ1) is 20.5. The fourth-order valence-corrected chi connectivity index (χ4v) is 4.97. The first-order chi connectivity index (χ1) is 12.1. The van der Waals surface area contributed by atoms with E-state index in [9.17, 15) is 8.42 Å². The third-order valence-electron chi connectivity index (χ3n) is 4.93. The van der Waals surface area contributed by atoms with Gasteiger partial charge in [0.2, 0.25) is 10.0 Å². The van der Waals surface area contributed by atoms with Gasteiger partial charge in [-0.25, -0.2) is 13.1 Å². The molecule has 4 nitrogen and oxygen atoms in total. The molecule has 0 unspecified atom stereocenters. The molecule has 0 bridgehead atoms. The number of sulfonamides is 1. The highest BCUT2D eigenvalue weighted by molar-refractivity contribution is 7.89. The van der Waals surface area contributed by atoms with Crippen LogP contribution in [0.5, 0.6) is 5.75 Å². The van der Waals surface area contributed by atoms with Crippen molar-refractivity contribution in [2.75, 3.05) is 7.11 Å². The molecule has 0 fully saturated rings. The van der Waals surface area contributed by atoms with E-state index in [1.807, 2.05) is 39.0 Å². The summed E-state index contributed by atoms with van der Waals surface area (Å²) < 4.78 is 33.9. The lowest BCUT2D eigenvalue weighted by Crippen LogP contribution is -2.37. The molecule has 2 aromatic rings. The second kappa shape index (κ2) is 7.80. The number of hydrogen-bond donors (Lipinski definition) is 1. The van der Waals surface area contributed by atoms with E-state index in [1.54, 1.807) is 19.2 Å². The highest BCUT2D eigenvalue weighted by atomic mass is 32.2. The highest BCUT2D eigenvalue weighted by Crippen LogP contribution is 2.30. The Morgan fingerprint density at radius 1 is 1.04 bits per heavy atom. The Hall–Kier alpha value is -1.85. The third kappa shape index (κ3) is 4.46. The van der Waals surface area contributed by atoms with E-state index < -0.39 is 10.0 Å². The van der Waals surface area contributed by atoms with Crippen molar-refractivity contribution in [3.63, 3.8) is 0 Å². The van der Waals surface area contributed by atoms with Crippen LogP contribution in [0.4, 0.5) is 0 Å². The molecule has 142 valence electrons. The van der Waals surface area contributed by atoms with Gasteiger partial charge < -0.3 is 4.74 Å². The maximum atomic E-state index is 12.9. The average Bonchev–Trinajstić information content (AvgIpc) is 2.56. The molecule has 5 heteroatoms. The molecule has 0 radical (unpaired) electrons. The predicted octanol–water partition coefficient (Wildman–Crippen LogP) is 4.35. The van der Waals surface area contributed by atoms with Crippen LogP contribution in [0.25, 0.3) is 0 Å². The minimum atomic E-state index is -3.60. The van der Waals surface area contributed by atoms with Gasteiger partial charge in [-0.3, -0.25) is 0 Å². The molecule has 26 heavy (non-hydrogen) atoms. The lowest BCUT2D eigenvalue weighted by molar-refractivity contribution is 0.410.